The standard InChI is InChI=1S/C12H12N2O3/c13-11-9(12(15)16)4-1-5-10(11)14-7-8-3-2-6-17-8/h1-6,14H,7,13H2,(H,15,16). The molecular formula is C12H12N2O3. The van der Waals surface area contributed by atoms with Crippen LogP contribution in [0.25, 0.3) is 0 Å². The van der Waals surface area contributed by atoms with Gasteiger partial charge in [0.05, 0.1) is 29.7 Å². The number of carboxylic acids is 1. The Morgan fingerprint density at radius 1 is 1.35 bits per heavy atom. The van der Waals surface area contributed by atoms with Crippen molar-refractivity contribution in [2.45, 2.75) is 6.54 Å². The summed E-state index contributed by atoms with van der Waals surface area (Å²) in [5.74, 6) is -0.283. The van der Waals surface area contributed by atoms with Gasteiger partial charge in [-0.25, -0.2) is 4.79 Å². The minimum Gasteiger partial charge on any atom is -0.478 e. The number of nitrogens with two attached hydrogens (primary N) is 1. The SMILES string of the molecule is Nc1c(NCc2ccco2)cccc1C(=O)O. The van der Waals surface area contributed by atoms with E-state index in [-0.39, 0.29) is 11.3 Å². The van der Waals surface area contributed by atoms with Gasteiger partial charge in [-0.05, 0) is 24.3 Å². The molecule has 1 heterocycles. The Morgan fingerprint density at radius 3 is 2.82 bits per heavy atom. The van der Waals surface area contributed by atoms with Gasteiger partial charge in [-0.2, -0.15) is 0 Å². The molecule has 1 aromatic heterocycles. The van der Waals surface area contributed by atoms with Crippen molar-refractivity contribution in [1.82, 2.24) is 0 Å². The van der Waals surface area contributed by atoms with Gasteiger partial charge in [0.1, 0.15) is 5.76 Å². The molecular weight excluding hydrogens is 220 g/mol. The van der Waals surface area contributed by atoms with E-state index in [0.29, 0.717) is 12.2 Å². The van der Waals surface area contributed by atoms with Gasteiger partial charge in [-0.15, -0.1) is 0 Å². The Labute approximate surface area is 97.9 Å². The van der Waals surface area contributed by atoms with Crippen molar-refractivity contribution in [3.8, 4) is 0 Å². The number of nitrogens with one attached hydrogen (secondary N) is 1. The molecule has 17 heavy (non-hydrogen) atoms. The van der Waals surface area contributed by atoms with Crippen LogP contribution in [0.2, 0.25) is 0 Å². The summed E-state index contributed by atoms with van der Waals surface area (Å²) in [7, 11) is 0. The van der Waals surface area contributed by atoms with Gasteiger partial charge in [0.2, 0.25) is 0 Å². The monoisotopic (exact) mass is 232 g/mol. The molecule has 0 bridgehead atoms. The maximum atomic E-state index is 10.9. The van der Waals surface area contributed by atoms with E-state index in [1.165, 1.54) is 6.07 Å². The van der Waals surface area contributed by atoms with Crippen LogP contribution >= 0.6 is 0 Å². The highest BCUT2D eigenvalue weighted by Gasteiger charge is 2.10. The average Bonchev–Trinajstić information content (AvgIpc) is 2.80. The first-order valence-electron chi connectivity index (χ1n) is 5.06. The highest BCUT2D eigenvalue weighted by molar-refractivity contribution is 5.97. The average molecular weight is 232 g/mol. The van der Waals surface area contributed by atoms with Crippen LogP contribution in [-0.4, -0.2) is 11.1 Å². The van der Waals surface area contributed by atoms with Gasteiger partial charge in [0.15, 0.2) is 0 Å². The number of rotatable bonds is 4. The third-order valence-corrected chi connectivity index (χ3v) is 2.37. The lowest BCUT2D eigenvalue weighted by Gasteiger charge is -2.09. The molecule has 88 valence electrons. The lowest BCUT2D eigenvalue weighted by atomic mass is 10.1. The van der Waals surface area contributed by atoms with Crippen LogP contribution < -0.4 is 11.1 Å². The molecule has 0 unspecified atom stereocenters. The zero-order valence-electron chi connectivity index (χ0n) is 9.01. The second-order valence-corrected chi connectivity index (χ2v) is 3.50. The third kappa shape index (κ3) is 2.39. The molecule has 5 nitrogen and oxygen atoms in total. The van der Waals surface area contributed by atoms with Gasteiger partial charge in [-0.1, -0.05) is 6.07 Å². The largest absolute Gasteiger partial charge is 0.478 e. The van der Waals surface area contributed by atoms with Crippen LogP contribution in [0.4, 0.5) is 11.4 Å². The quantitative estimate of drug-likeness (QED) is 0.703. The lowest BCUT2D eigenvalue weighted by molar-refractivity contribution is 0.0698. The Bertz CT molecular complexity index is 521. The molecule has 4 N–H and O–H groups in total. The van der Waals surface area contributed by atoms with Gasteiger partial charge in [-0.3, -0.25) is 0 Å². The molecule has 0 atom stereocenters. The van der Waals surface area contributed by atoms with Crippen molar-refractivity contribution in [3.63, 3.8) is 0 Å². The van der Waals surface area contributed by atoms with Crippen molar-refractivity contribution in [2.24, 2.45) is 0 Å². The van der Waals surface area contributed by atoms with E-state index in [9.17, 15) is 4.79 Å². The summed E-state index contributed by atoms with van der Waals surface area (Å²) in [6, 6.07) is 8.45. The molecule has 0 saturated heterocycles. The first-order valence-corrected chi connectivity index (χ1v) is 5.06. The van der Waals surface area contributed by atoms with Gasteiger partial charge < -0.3 is 20.6 Å². The number of carboxylic acid groups (broad SMARTS) is 1. The third-order valence-electron chi connectivity index (χ3n) is 2.37. The van der Waals surface area contributed by atoms with Crippen molar-refractivity contribution in [3.05, 3.63) is 47.9 Å². The molecule has 1 aromatic carbocycles. The van der Waals surface area contributed by atoms with Crippen LogP contribution in [0.15, 0.2) is 41.0 Å². The van der Waals surface area contributed by atoms with Crippen molar-refractivity contribution in [2.75, 3.05) is 11.1 Å². The predicted molar refractivity (Wildman–Crippen MR) is 63.8 cm³/mol. The normalized spacial score (nSPS) is 10.1. The molecule has 2 rings (SSSR count). The van der Waals surface area contributed by atoms with E-state index < -0.39 is 5.97 Å². The number of hydrogen-bond donors (Lipinski definition) is 3. The Balaban J connectivity index is 2.16. The Morgan fingerprint density at radius 2 is 2.18 bits per heavy atom. The fourth-order valence-electron chi connectivity index (χ4n) is 1.50. The van der Waals surface area contributed by atoms with E-state index in [4.69, 9.17) is 15.3 Å². The molecule has 0 amide bonds. The van der Waals surface area contributed by atoms with E-state index in [2.05, 4.69) is 5.32 Å². The number of carbonyl (C=O) groups is 1. The zero-order chi connectivity index (χ0) is 12.3. The number of furan rings is 1. The summed E-state index contributed by atoms with van der Waals surface area (Å²) >= 11 is 0. The molecule has 2 aromatic rings. The fourth-order valence-corrected chi connectivity index (χ4v) is 1.50. The maximum Gasteiger partial charge on any atom is 0.337 e. The van der Waals surface area contributed by atoms with E-state index >= 15 is 0 Å². The highest BCUT2D eigenvalue weighted by Crippen LogP contribution is 2.23. The summed E-state index contributed by atoms with van der Waals surface area (Å²) in [5, 5.41) is 11.9. The predicted octanol–water partition coefficient (Wildman–Crippen LogP) is 2.17. The lowest BCUT2D eigenvalue weighted by Crippen LogP contribution is -2.07. The van der Waals surface area contributed by atoms with Crippen molar-refractivity contribution < 1.29 is 14.3 Å². The highest BCUT2D eigenvalue weighted by atomic mass is 16.4. The van der Waals surface area contributed by atoms with Crippen LogP contribution in [0.5, 0.6) is 0 Å². The number of para-hydroxylation sites is 1. The summed E-state index contributed by atoms with van der Waals surface area (Å²) < 4.78 is 5.15. The first-order chi connectivity index (χ1) is 8.18. The van der Waals surface area contributed by atoms with Gasteiger partial charge >= 0.3 is 5.97 Å². The molecule has 0 aliphatic carbocycles. The topological polar surface area (TPSA) is 88.5 Å². The van der Waals surface area contributed by atoms with Gasteiger partial charge in [0.25, 0.3) is 0 Å². The molecule has 0 spiro atoms. The Kier molecular flexibility index (Phi) is 3.00. The molecule has 0 aliphatic rings. The zero-order valence-corrected chi connectivity index (χ0v) is 9.01. The van der Waals surface area contributed by atoms with Crippen LogP contribution in [-0.2, 0) is 6.54 Å². The van der Waals surface area contributed by atoms with Crippen LogP contribution in [0, 0.1) is 0 Å². The molecule has 0 saturated carbocycles. The van der Waals surface area contributed by atoms with Gasteiger partial charge in [0, 0.05) is 0 Å². The van der Waals surface area contributed by atoms with Crippen LogP contribution in [0.1, 0.15) is 16.1 Å². The van der Waals surface area contributed by atoms with Crippen LogP contribution in [0.3, 0.4) is 0 Å². The number of anilines is 2. The molecule has 5 heteroatoms. The second kappa shape index (κ2) is 4.61. The van der Waals surface area contributed by atoms with Crippen molar-refractivity contribution in [1.29, 1.82) is 0 Å². The number of hydrogen-bond acceptors (Lipinski definition) is 4. The summed E-state index contributed by atoms with van der Waals surface area (Å²) in [6.45, 7) is 0.459. The minimum atomic E-state index is -1.04. The minimum absolute atomic E-state index is 0.0921. The van der Waals surface area contributed by atoms with Crippen molar-refractivity contribution >= 4 is 17.3 Å². The second-order valence-electron chi connectivity index (χ2n) is 3.50. The molecule has 0 radical (unpaired) electrons. The number of aromatic carboxylic acids is 1. The molecule has 0 aliphatic heterocycles. The number of benzene rings is 1. The summed E-state index contributed by atoms with van der Waals surface area (Å²) in [4.78, 5) is 10.9. The fraction of sp³-hybridized carbons (Fsp3) is 0.0833. The maximum absolute atomic E-state index is 10.9. The van der Waals surface area contributed by atoms with E-state index in [1.807, 2.05) is 6.07 Å². The van der Waals surface area contributed by atoms with E-state index in [0.717, 1.165) is 5.76 Å². The Hall–Kier alpha value is -2.43. The summed E-state index contributed by atoms with van der Waals surface area (Å²) in [6.07, 6.45) is 1.58. The van der Waals surface area contributed by atoms with E-state index in [1.54, 1.807) is 24.5 Å². The first kappa shape index (κ1) is 11.1. The summed E-state index contributed by atoms with van der Waals surface area (Å²) in [5.41, 5.74) is 6.65. The number of nitrogen functional groups attached to an aromatic ring is 1. The smallest absolute Gasteiger partial charge is 0.337 e. The molecule has 0 fully saturated rings.